The van der Waals surface area contributed by atoms with Crippen LogP contribution in [0, 0.1) is 6.92 Å². The van der Waals surface area contributed by atoms with Gasteiger partial charge in [-0.2, -0.15) is 0 Å². The molecule has 1 saturated heterocycles. The van der Waals surface area contributed by atoms with Crippen LogP contribution in [0.3, 0.4) is 0 Å². The molecule has 2 rings (SSSR count). The maximum atomic E-state index is 5.90. The molecule has 1 aliphatic rings. The number of likely N-dealkylation sites (N-methyl/N-ethyl adjacent to an activating group) is 1. The van der Waals surface area contributed by atoms with Crippen molar-refractivity contribution in [2.75, 3.05) is 47.4 Å². The third-order valence-electron chi connectivity index (χ3n) is 4.20. The molecule has 0 radical (unpaired) electrons. The second-order valence-corrected chi connectivity index (χ2v) is 6.06. The molecule has 1 aromatic carbocycles. The van der Waals surface area contributed by atoms with Crippen LogP contribution in [0.2, 0.25) is 0 Å². The lowest BCUT2D eigenvalue weighted by atomic mass is 10.1. The van der Waals surface area contributed by atoms with Gasteiger partial charge in [-0.15, -0.1) is 0 Å². The number of hydrogen-bond donors (Lipinski definition) is 0. The quantitative estimate of drug-likeness (QED) is 0.804. The fraction of sp³-hybridized carbons (Fsp3) is 0.647. The van der Waals surface area contributed by atoms with Gasteiger partial charge in [0.25, 0.3) is 0 Å². The standard InChI is InChI=1S/C17H28N2O2/c1-14-7-8-16(17(12-14)20-4)21-11-10-19-9-5-6-15(13-19)18(2)3/h7-8,12,15H,5-6,9-11,13H2,1-4H3/t15-/m0/s1. The van der Waals surface area contributed by atoms with E-state index < -0.39 is 0 Å². The van der Waals surface area contributed by atoms with E-state index in [1.807, 2.05) is 12.1 Å². The van der Waals surface area contributed by atoms with Crippen LogP contribution >= 0.6 is 0 Å². The van der Waals surface area contributed by atoms with E-state index in [2.05, 4.69) is 36.9 Å². The monoisotopic (exact) mass is 292 g/mol. The van der Waals surface area contributed by atoms with E-state index in [0.717, 1.165) is 24.6 Å². The van der Waals surface area contributed by atoms with Crippen molar-refractivity contribution < 1.29 is 9.47 Å². The smallest absolute Gasteiger partial charge is 0.161 e. The third-order valence-corrected chi connectivity index (χ3v) is 4.20. The molecule has 0 spiro atoms. The number of hydrogen-bond acceptors (Lipinski definition) is 4. The number of likely N-dealkylation sites (tertiary alicyclic amines) is 1. The molecule has 1 aliphatic heterocycles. The van der Waals surface area contributed by atoms with E-state index in [1.54, 1.807) is 7.11 Å². The van der Waals surface area contributed by atoms with Crippen molar-refractivity contribution >= 4 is 0 Å². The van der Waals surface area contributed by atoms with Crippen molar-refractivity contribution in [3.8, 4) is 11.5 Å². The molecule has 0 N–H and O–H groups in total. The van der Waals surface area contributed by atoms with Crippen LogP contribution in [0.5, 0.6) is 11.5 Å². The zero-order valence-electron chi connectivity index (χ0n) is 13.8. The summed E-state index contributed by atoms with van der Waals surface area (Å²) in [6.07, 6.45) is 2.58. The molecular formula is C17H28N2O2. The molecule has 1 heterocycles. The van der Waals surface area contributed by atoms with Crippen LogP contribution in [0.15, 0.2) is 18.2 Å². The Morgan fingerprint density at radius 2 is 2.10 bits per heavy atom. The minimum Gasteiger partial charge on any atom is -0.493 e. The summed E-state index contributed by atoms with van der Waals surface area (Å²) in [7, 11) is 6.03. The average Bonchev–Trinajstić information content (AvgIpc) is 2.49. The number of nitrogens with zero attached hydrogens (tertiary/aromatic N) is 2. The predicted octanol–water partition coefficient (Wildman–Crippen LogP) is 2.41. The van der Waals surface area contributed by atoms with Gasteiger partial charge >= 0.3 is 0 Å². The number of methoxy groups -OCH3 is 1. The van der Waals surface area contributed by atoms with Crippen LogP contribution in [0.1, 0.15) is 18.4 Å². The largest absolute Gasteiger partial charge is 0.493 e. The SMILES string of the molecule is COc1cc(C)ccc1OCCN1CCC[C@H](N(C)C)C1. The number of aryl methyl sites for hydroxylation is 1. The number of rotatable bonds is 6. The first-order valence-corrected chi connectivity index (χ1v) is 7.76. The van der Waals surface area contributed by atoms with Crippen molar-refractivity contribution in [3.05, 3.63) is 23.8 Å². The highest BCUT2D eigenvalue weighted by atomic mass is 16.5. The van der Waals surface area contributed by atoms with Crippen LogP contribution in [-0.2, 0) is 0 Å². The van der Waals surface area contributed by atoms with Gasteiger partial charge in [0.15, 0.2) is 11.5 Å². The maximum absolute atomic E-state index is 5.90. The summed E-state index contributed by atoms with van der Waals surface area (Å²) < 4.78 is 11.3. The molecule has 1 aromatic rings. The van der Waals surface area contributed by atoms with E-state index in [0.29, 0.717) is 12.6 Å². The molecule has 0 aromatic heterocycles. The highest BCUT2D eigenvalue weighted by Crippen LogP contribution is 2.27. The maximum Gasteiger partial charge on any atom is 0.161 e. The normalized spacial score (nSPS) is 19.8. The summed E-state index contributed by atoms with van der Waals surface area (Å²) in [5.74, 6) is 1.66. The molecule has 0 bridgehead atoms. The Kier molecular flexibility index (Phi) is 5.88. The average molecular weight is 292 g/mol. The molecule has 4 nitrogen and oxygen atoms in total. The predicted molar refractivity (Wildman–Crippen MR) is 86.4 cm³/mol. The van der Waals surface area contributed by atoms with Crippen LogP contribution in [0.4, 0.5) is 0 Å². The zero-order valence-corrected chi connectivity index (χ0v) is 13.8. The van der Waals surface area contributed by atoms with Gasteiger partial charge in [-0.1, -0.05) is 6.07 Å². The Morgan fingerprint density at radius 1 is 1.29 bits per heavy atom. The molecule has 4 heteroatoms. The second kappa shape index (κ2) is 7.66. The van der Waals surface area contributed by atoms with Crippen molar-refractivity contribution in [1.29, 1.82) is 0 Å². The van der Waals surface area contributed by atoms with E-state index in [9.17, 15) is 0 Å². The topological polar surface area (TPSA) is 24.9 Å². The first-order valence-electron chi connectivity index (χ1n) is 7.76. The van der Waals surface area contributed by atoms with Crippen molar-refractivity contribution in [1.82, 2.24) is 9.80 Å². The summed E-state index contributed by atoms with van der Waals surface area (Å²) in [5.41, 5.74) is 1.18. The minimum absolute atomic E-state index is 0.674. The van der Waals surface area contributed by atoms with Crippen LogP contribution < -0.4 is 9.47 Å². The summed E-state index contributed by atoms with van der Waals surface area (Å²) in [5, 5.41) is 0. The summed E-state index contributed by atoms with van der Waals surface area (Å²) >= 11 is 0. The van der Waals surface area contributed by atoms with Crippen molar-refractivity contribution in [2.45, 2.75) is 25.8 Å². The Morgan fingerprint density at radius 3 is 2.81 bits per heavy atom. The van der Waals surface area contributed by atoms with Gasteiger partial charge in [0.05, 0.1) is 7.11 Å². The van der Waals surface area contributed by atoms with Gasteiger partial charge in [0.1, 0.15) is 6.61 Å². The van der Waals surface area contributed by atoms with Gasteiger partial charge < -0.3 is 14.4 Å². The van der Waals surface area contributed by atoms with Gasteiger partial charge in [0, 0.05) is 19.1 Å². The summed E-state index contributed by atoms with van der Waals surface area (Å²) in [6, 6.07) is 6.74. The van der Waals surface area contributed by atoms with Crippen LogP contribution in [0.25, 0.3) is 0 Å². The lowest BCUT2D eigenvalue weighted by Crippen LogP contribution is -2.46. The molecule has 118 valence electrons. The number of ether oxygens (including phenoxy) is 2. The van der Waals surface area contributed by atoms with Crippen molar-refractivity contribution in [2.24, 2.45) is 0 Å². The Balaban J connectivity index is 1.81. The molecule has 21 heavy (non-hydrogen) atoms. The first kappa shape index (κ1) is 16.1. The Bertz CT molecular complexity index is 448. The van der Waals surface area contributed by atoms with Gasteiger partial charge in [-0.05, 0) is 58.1 Å². The zero-order chi connectivity index (χ0) is 15.2. The third kappa shape index (κ3) is 4.61. The molecule has 1 fully saturated rings. The highest BCUT2D eigenvalue weighted by molar-refractivity contribution is 5.42. The molecule has 0 unspecified atom stereocenters. The van der Waals surface area contributed by atoms with Gasteiger partial charge in [-0.25, -0.2) is 0 Å². The van der Waals surface area contributed by atoms with E-state index in [1.165, 1.54) is 24.9 Å². The Hall–Kier alpha value is -1.26. The fourth-order valence-corrected chi connectivity index (χ4v) is 2.83. The Labute approximate surface area is 128 Å². The van der Waals surface area contributed by atoms with Gasteiger partial charge in [0.2, 0.25) is 0 Å². The number of benzene rings is 1. The van der Waals surface area contributed by atoms with Gasteiger partial charge in [-0.3, -0.25) is 4.90 Å². The second-order valence-electron chi connectivity index (χ2n) is 6.06. The number of piperidine rings is 1. The van der Waals surface area contributed by atoms with Crippen LogP contribution in [-0.4, -0.2) is 63.3 Å². The molecule has 0 amide bonds. The minimum atomic E-state index is 0.674. The lowest BCUT2D eigenvalue weighted by molar-refractivity contribution is 0.116. The molecule has 1 atom stereocenters. The molecule has 0 aliphatic carbocycles. The fourth-order valence-electron chi connectivity index (χ4n) is 2.83. The highest BCUT2D eigenvalue weighted by Gasteiger charge is 2.21. The van der Waals surface area contributed by atoms with E-state index in [4.69, 9.17) is 9.47 Å². The summed E-state index contributed by atoms with van der Waals surface area (Å²) in [4.78, 5) is 4.82. The first-order chi connectivity index (χ1) is 10.1. The molecular weight excluding hydrogens is 264 g/mol. The van der Waals surface area contributed by atoms with Crippen molar-refractivity contribution in [3.63, 3.8) is 0 Å². The van der Waals surface area contributed by atoms with E-state index in [-0.39, 0.29) is 0 Å². The van der Waals surface area contributed by atoms with E-state index >= 15 is 0 Å². The lowest BCUT2D eigenvalue weighted by Gasteiger charge is -2.36. The summed E-state index contributed by atoms with van der Waals surface area (Å²) in [6.45, 7) is 6.06. The molecule has 0 saturated carbocycles.